The fourth-order valence-corrected chi connectivity index (χ4v) is 3.62. The smallest absolute Gasteiger partial charge is 0.234 e. The van der Waals surface area contributed by atoms with Gasteiger partial charge in [0.1, 0.15) is 11.4 Å². The summed E-state index contributed by atoms with van der Waals surface area (Å²) in [4.78, 5) is 14.3. The Morgan fingerprint density at radius 1 is 1.23 bits per heavy atom. The van der Waals surface area contributed by atoms with Gasteiger partial charge in [-0.25, -0.2) is 0 Å². The molecule has 26 heavy (non-hydrogen) atoms. The van der Waals surface area contributed by atoms with Crippen LogP contribution in [0.5, 0.6) is 5.75 Å². The Bertz CT molecular complexity index is 777. The summed E-state index contributed by atoms with van der Waals surface area (Å²) >= 11 is 0. The fraction of sp³-hybridized carbons (Fsp3) is 0.381. The van der Waals surface area contributed by atoms with Crippen molar-refractivity contribution in [2.24, 2.45) is 0 Å². The Hall–Kier alpha value is -2.37. The van der Waals surface area contributed by atoms with Gasteiger partial charge in [0.2, 0.25) is 5.91 Å². The van der Waals surface area contributed by atoms with Crippen molar-refractivity contribution in [2.45, 2.75) is 25.5 Å². The number of rotatable bonds is 6. The SMILES string of the molecule is COc1ccccc1CNC(=O)CN1CC[C@@](O)(c2ccccc2C)C1. The van der Waals surface area contributed by atoms with Gasteiger partial charge in [0.15, 0.2) is 0 Å². The maximum Gasteiger partial charge on any atom is 0.234 e. The number of likely N-dealkylation sites (tertiary alicyclic amines) is 1. The number of methoxy groups -OCH3 is 1. The summed E-state index contributed by atoms with van der Waals surface area (Å²) < 4.78 is 5.30. The molecular formula is C21H26N2O3. The van der Waals surface area contributed by atoms with E-state index in [4.69, 9.17) is 4.74 Å². The number of amides is 1. The van der Waals surface area contributed by atoms with Crippen LogP contribution < -0.4 is 10.1 Å². The van der Waals surface area contributed by atoms with E-state index in [1.807, 2.05) is 60.4 Å². The van der Waals surface area contributed by atoms with Crippen LogP contribution in [0.3, 0.4) is 0 Å². The molecule has 0 aromatic heterocycles. The second-order valence-electron chi connectivity index (χ2n) is 6.90. The van der Waals surface area contributed by atoms with Gasteiger partial charge in [-0.3, -0.25) is 9.69 Å². The first-order valence-electron chi connectivity index (χ1n) is 8.91. The number of aryl methyl sites for hydroxylation is 1. The van der Waals surface area contributed by atoms with Gasteiger partial charge in [-0.05, 0) is 30.5 Å². The van der Waals surface area contributed by atoms with E-state index in [9.17, 15) is 9.90 Å². The van der Waals surface area contributed by atoms with Crippen molar-refractivity contribution < 1.29 is 14.6 Å². The van der Waals surface area contributed by atoms with Crippen LogP contribution in [0.2, 0.25) is 0 Å². The lowest BCUT2D eigenvalue weighted by Crippen LogP contribution is -2.38. The molecule has 1 amide bonds. The van der Waals surface area contributed by atoms with Crippen molar-refractivity contribution in [3.05, 3.63) is 65.2 Å². The highest BCUT2D eigenvalue weighted by atomic mass is 16.5. The maximum atomic E-state index is 12.3. The molecule has 0 radical (unpaired) electrons. The van der Waals surface area contributed by atoms with Crippen LogP contribution in [0.15, 0.2) is 48.5 Å². The van der Waals surface area contributed by atoms with Gasteiger partial charge in [0.05, 0.1) is 13.7 Å². The summed E-state index contributed by atoms with van der Waals surface area (Å²) in [6.07, 6.45) is 0.637. The Kier molecular flexibility index (Phi) is 5.59. The number of hydrogen-bond acceptors (Lipinski definition) is 4. The van der Waals surface area contributed by atoms with E-state index in [0.717, 1.165) is 22.4 Å². The third kappa shape index (κ3) is 4.06. The van der Waals surface area contributed by atoms with Crippen LogP contribution in [0, 0.1) is 6.92 Å². The summed E-state index contributed by atoms with van der Waals surface area (Å²) in [5, 5.41) is 13.9. The summed E-state index contributed by atoms with van der Waals surface area (Å²) in [5.41, 5.74) is 2.10. The van der Waals surface area contributed by atoms with E-state index >= 15 is 0 Å². The number of carbonyl (C=O) groups excluding carboxylic acids is 1. The van der Waals surface area contributed by atoms with Crippen molar-refractivity contribution in [1.82, 2.24) is 10.2 Å². The standard InChI is InChI=1S/C21H26N2O3/c1-16-7-3-5-9-18(16)21(25)11-12-23(15-21)14-20(24)22-13-17-8-4-6-10-19(17)26-2/h3-10,25H,11-15H2,1-2H3,(H,22,24)/t21-/m0/s1. The Morgan fingerprint density at radius 3 is 2.73 bits per heavy atom. The molecule has 0 saturated carbocycles. The largest absolute Gasteiger partial charge is 0.496 e. The zero-order valence-corrected chi connectivity index (χ0v) is 15.4. The first kappa shape index (κ1) is 18.4. The third-order valence-electron chi connectivity index (χ3n) is 5.01. The van der Waals surface area contributed by atoms with E-state index < -0.39 is 5.60 Å². The summed E-state index contributed by atoms with van der Waals surface area (Å²) in [7, 11) is 1.62. The van der Waals surface area contributed by atoms with Crippen molar-refractivity contribution in [3.8, 4) is 5.75 Å². The predicted molar refractivity (Wildman–Crippen MR) is 101 cm³/mol. The molecule has 1 aliphatic heterocycles. The average molecular weight is 354 g/mol. The molecule has 0 spiro atoms. The lowest BCUT2D eigenvalue weighted by Gasteiger charge is -2.25. The van der Waals surface area contributed by atoms with Gasteiger partial charge >= 0.3 is 0 Å². The van der Waals surface area contributed by atoms with Gasteiger partial charge < -0.3 is 15.2 Å². The Labute approximate surface area is 154 Å². The highest BCUT2D eigenvalue weighted by molar-refractivity contribution is 5.78. The van der Waals surface area contributed by atoms with Gasteiger partial charge in [0, 0.05) is 25.2 Å². The lowest BCUT2D eigenvalue weighted by molar-refractivity contribution is -0.122. The molecule has 1 atom stereocenters. The number of nitrogens with zero attached hydrogens (tertiary/aromatic N) is 1. The molecule has 5 heteroatoms. The normalized spacial score (nSPS) is 20.1. The van der Waals surface area contributed by atoms with Crippen LogP contribution >= 0.6 is 0 Å². The van der Waals surface area contributed by atoms with Crippen LogP contribution in [0.25, 0.3) is 0 Å². The monoisotopic (exact) mass is 354 g/mol. The Balaban J connectivity index is 1.55. The molecule has 1 fully saturated rings. The molecule has 3 rings (SSSR count). The topological polar surface area (TPSA) is 61.8 Å². The number of β-amino-alcohol motifs (C(OH)–C–C–N with tert-alkyl or cyclic N) is 1. The van der Waals surface area contributed by atoms with Gasteiger partial charge in [-0.2, -0.15) is 0 Å². The van der Waals surface area contributed by atoms with Gasteiger partial charge in [-0.1, -0.05) is 42.5 Å². The number of hydrogen-bond donors (Lipinski definition) is 2. The van der Waals surface area contributed by atoms with E-state index in [0.29, 0.717) is 26.1 Å². The van der Waals surface area contributed by atoms with Crippen LogP contribution in [-0.2, 0) is 16.9 Å². The molecule has 0 bridgehead atoms. The third-order valence-corrected chi connectivity index (χ3v) is 5.01. The number of carbonyl (C=O) groups is 1. The average Bonchev–Trinajstić information content (AvgIpc) is 3.02. The second-order valence-corrected chi connectivity index (χ2v) is 6.90. The first-order valence-corrected chi connectivity index (χ1v) is 8.91. The van der Waals surface area contributed by atoms with Crippen molar-refractivity contribution in [1.29, 1.82) is 0 Å². The highest BCUT2D eigenvalue weighted by Gasteiger charge is 2.38. The molecule has 2 N–H and O–H groups in total. The fourth-order valence-electron chi connectivity index (χ4n) is 3.62. The zero-order chi connectivity index (χ0) is 18.6. The van der Waals surface area contributed by atoms with E-state index in [2.05, 4.69) is 5.32 Å². The predicted octanol–water partition coefficient (Wildman–Crippen LogP) is 2.21. The molecule has 1 aliphatic rings. The summed E-state index contributed by atoms with van der Waals surface area (Å²) in [6.45, 7) is 3.89. The number of aliphatic hydroxyl groups is 1. The molecule has 2 aromatic carbocycles. The summed E-state index contributed by atoms with van der Waals surface area (Å²) in [5.74, 6) is 0.716. The maximum absolute atomic E-state index is 12.3. The number of benzene rings is 2. The molecule has 5 nitrogen and oxygen atoms in total. The van der Waals surface area contributed by atoms with Crippen LogP contribution in [-0.4, -0.2) is 42.7 Å². The number of para-hydroxylation sites is 1. The van der Waals surface area contributed by atoms with Crippen LogP contribution in [0.1, 0.15) is 23.1 Å². The van der Waals surface area contributed by atoms with Crippen molar-refractivity contribution in [3.63, 3.8) is 0 Å². The van der Waals surface area contributed by atoms with Crippen molar-refractivity contribution in [2.75, 3.05) is 26.7 Å². The van der Waals surface area contributed by atoms with Crippen molar-refractivity contribution >= 4 is 5.91 Å². The molecule has 138 valence electrons. The van der Waals surface area contributed by atoms with Gasteiger partial charge in [0.25, 0.3) is 0 Å². The minimum atomic E-state index is -0.881. The zero-order valence-electron chi connectivity index (χ0n) is 15.4. The molecule has 2 aromatic rings. The minimum absolute atomic E-state index is 0.0510. The highest BCUT2D eigenvalue weighted by Crippen LogP contribution is 2.33. The van der Waals surface area contributed by atoms with Crippen LogP contribution in [0.4, 0.5) is 0 Å². The molecule has 1 saturated heterocycles. The molecule has 0 unspecified atom stereocenters. The Morgan fingerprint density at radius 2 is 1.96 bits per heavy atom. The second kappa shape index (κ2) is 7.89. The first-order chi connectivity index (χ1) is 12.5. The molecular weight excluding hydrogens is 328 g/mol. The number of nitrogens with one attached hydrogen (secondary N) is 1. The van der Waals surface area contributed by atoms with E-state index in [-0.39, 0.29) is 12.5 Å². The van der Waals surface area contributed by atoms with Gasteiger partial charge in [-0.15, -0.1) is 0 Å². The molecule has 0 aliphatic carbocycles. The quantitative estimate of drug-likeness (QED) is 0.835. The lowest BCUT2D eigenvalue weighted by atomic mass is 9.89. The molecule has 1 heterocycles. The van der Waals surface area contributed by atoms with E-state index in [1.165, 1.54) is 0 Å². The number of ether oxygens (including phenoxy) is 1. The minimum Gasteiger partial charge on any atom is -0.496 e. The van der Waals surface area contributed by atoms with E-state index in [1.54, 1.807) is 7.11 Å². The summed E-state index contributed by atoms with van der Waals surface area (Å²) in [6, 6.07) is 15.5.